The Morgan fingerprint density at radius 2 is 1.82 bits per heavy atom. The van der Waals surface area contributed by atoms with E-state index in [0.29, 0.717) is 6.54 Å². The molecule has 6 heteroatoms. The number of nitrogens with one attached hydrogen (secondary N) is 1. The highest BCUT2D eigenvalue weighted by Crippen LogP contribution is 2.26. The summed E-state index contributed by atoms with van der Waals surface area (Å²) in [5.41, 5.74) is 4.31. The number of amides is 2. The van der Waals surface area contributed by atoms with E-state index in [2.05, 4.69) is 26.5 Å². The molecule has 1 aliphatic heterocycles. The van der Waals surface area contributed by atoms with Crippen LogP contribution < -0.4 is 10.3 Å². The molecule has 1 fully saturated rings. The summed E-state index contributed by atoms with van der Waals surface area (Å²) in [7, 11) is 0. The minimum Gasteiger partial charge on any atom is -0.312 e. The van der Waals surface area contributed by atoms with Gasteiger partial charge >= 0.3 is 0 Å². The van der Waals surface area contributed by atoms with Gasteiger partial charge in [-0.05, 0) is 35.0 Å². The minimum atomic E-state index is -0.416. The molecule has 0 spiro atoms. The number of hydrogen-bond acceptors (Lipinski definition) is 3. The molecule has 28 heavy (non-hydrogen) atoms. The second-order valence-electron chi connectivity index (χ2n) is 6.68. The van der Waals surface area contributed by atoms with Gasteiger partial charge in [0.25, 0.3) is 0 Å². The maximum atomic E-state index is 12.5. The fourth-order valence-electron chi connectivity index (χ4n) is 3.37. The molecule has 1 unspecified atom stereocenters. The van der Waals surface area contributed by atoms with E-state index in [1.54, 1.807) is 11.1 Å². The standard InChI is InChI=1S/C22H18BrN3O2/c23-18-8-10-19(11-9-18)26-14-17(12-21(26)27)22(28)25-24-13-16-6-3-5-15-4-1-2-7-20(15)16/h1-11,13,17H,12,14H2,(H,25,28). The summed E-state index contributed by atoms with van der Waals surface area (Å²) in [6.45, 7) is 0.357. The van der Waals surface area contributed by atoms with E-state index >= 15 is 0 Å². The lowest BCUT2D eigenvalue weighted by Gasteiger charge is -2.16. The fourth-order valence-corrected chi connectivity index (χ4v) is 3.64. The lowest BCUT2D eigenvalue weighted by Crippen LogP contribution is -2.30. The zero-order valence-electron chi connectivity index (χ0n) is 15.0. The second kappa shape index (κ2) is 7.94. The van der Waals surface area contributed by atoms with Crippen LogP contribution >= 0.6 is 15.9 Å². The normalized spacial score (nSPS) is 16.8. The van der Waals surface area contributed by atoms with Gasteiger partial charge in [-0.2, -0.15) is 5.10 Å². The average Bonchev–Trinajstić information content (AvgIpc) is 3.10. The van der Waals surface area contributed by atoms with Crippen molar-refractivity contribution in [2.45, 2.75) is 6.42 Å². The molecule has 1 aliphatic rings. The van der Waals surface area contributed by atoms with Crippen molar-refractivity contribution in [1.29, 1.82) is 0 Å². The van der Waals surface area contributed by atoms with Gasteiger partial charge in [0.05, 0.1) is 12.1 Å². The summed E-state index contributed by atoms with van der Waals surface area (Å²) >= 11 is 3.38. The van der Waals surface area contributed by atoms with E-state index in [4.69, 9.17) is 0 Å². The molecular weight excluding hydrogens is 418 g/mol. The number of fused-ring (bicyclic) bond motifs is 1. The molecule has 4 rings (SSSR count). The third-order valence-electron chi connectivity index (χ3n) is 4.84. The zero-order valence-corrected chi connectivity index (χ0v) is 16.6. The van der Waals surface area contributed by atoms with Crippen LogP contribution in [0, 0.1) is 5.92 Å². The minimum absolute atomic E-state index is 0.0551. The Morgan fingerprint density at radius 3 is 2.64 bits per heavy atom. The number of halogens is 1. The van der Waals surface area contributed by atoms with Gasteiger partial charge in [0.15, 0.2) is 0 Å². The molecule has 5 nitrogen and oxygen atoms in total. The number of carbonyl (C=O) groups is 2. The van der Waals surface area contributed by atoms with Gasteiger partial charge in [0.1, 0.15) is 0 Å². The average molecular weight is 436 g/mol. The molecule has 0 aliphatic carbocycles. The Labute approximate surface area is 171 Å². The first-order valence-corrected chi connectivity index (χ1v) is 9.78. The highest BCUT2D eigenvalue weighted by atomic mass is 79.9. The third kappa shape index (κ3) is 3.82. The summed E-state index contributed by atoms with van der Waals surface area (Å²) in [4.78, 5) is 26.4. The van der Waals surface area contributed by atoms with Crippen molar-refractivity contribution < 1.29 is 9.59 Å². The SMILES string of the molecule is O=C(NN=Cc1cccc2ccccc12)C1CC(=O)N(c2ccc(Br)cc2)C1. The summed E-state index contributed by atoms with van der Waals surface area (Å²) in [5, 5.41) is 6.30. The van der Waals surface area contributed by atoms with Crippen LogP contribution in [0.5, 0.6) is 0 Å². The third-order valence-corrected chi connectivity index (χ3v) is 5.36. The molecule has 1 atom stereocenters. The molecule has 0 bridgehead atoms. The van der Waals surface area contributed by atoms with Gasteiger partial charge in [-0.3, -0.25) is 9.59 Å². The Kier molecular flexibility index (Phi) is 5.21. The summed E-state index contributed by atoms with van der Waals surface area (Å²) < 4.78 is 0.944. The van der Waals surface area contributed by atoms with E-state index in [1.807, 2.05) is 66.7 Å². The van der Waals surface area contributed by atoms with Gasteiger partial charge in [-0.25, -0.2) is 5.43 Å². The number of nitrogens with zero attached hydrogens (tertiary/aromatic N) is 2. The number of anilines is 1. The topological polar surface area (TPSA) is 61.8 Å². The van der Waals surface area contributed by atoms with Crippen molar-refractivity contribution in [1.82, 2.24) is 5.43 Å². The molecule has 1 heterocycles. The number of benzene rings is 3. The molecule has 3 aromatic carbocycles. The fraction of sp³-hybridized carbons (Fsp3) is 0.136. The Morgan fingerprint density at radius 1 is 1.07 bits per heavy atom. The summed E-state index contributed by atoms with van der Waals surface area (Å²) in [6, 6.07) is 21.4. The van der Waals surface area contributed by atoms with E-state index in [1.165, 1.54) is 0 Å². The van der Waals surface area contributed by atoms with Gasteiger partial charge < -0.3 is 4.90 Å². The molecular formula is C22H18BrN3O2. The van der Waals surface area contributed by atoms with Gasteiger partial charge in [-0.15, -0.1) is 0 Å². The van der Waals surface area contributed by atoms with Gasteiger partial charge in [0.2, 0.25) is 11.8 Å². The molecule has 0 aromatic heterocycles. The highest BCUT2D eigenvalue weighted by molar-refractivity contribution is 9.10. The molecule has 1 saturated heterocycles. The first-order chi connectivity index (χ1) is 13.6. The van der Waals surface area contributed by atoms with E-state index < -0.39 is 5.92 Å². The molecule has 1 N–H and O–H groups in total. The summed E-state index contributed by atoms with van der Waals surface area (Å²) in [5.74, 6) is -0.717. The smallest absolute Gasteiger partial charge is 0.245 e. The maximum absolute atomic E-state index is 12.5. The van der Waals surface area contributed by atoms with Crippen molar-refractivity contribution in [3.05, 3.63) is 76.8 Å². The monoisotopic (exact) mass is 435 g/mol. The highest BCUT2D eigenvalue weighted by Gasteiger charge is 2.35. The predicted molar refractivity (Wildman–Crippen MR) is 114 cm³/mol. The van der Waals surface area contributed by atoms with E-state index in [9.17, 15) is 9.59 Å². The van der Waals surface area contributed by atoms with Crippen LogP contribution in [0.3, 0.4) is 0 Å². The zero-order chi connectivity index (χ0) is 19.5. The van der Waals surface area contributed by atoms with Crippen molar-refractivity contribution >= 4 is 50.4 Å². The van der Waals surface area contributed by atoms with Crippen LogP contribution in [0.1, 0.15) is 12.0 Å². The van der Waals surface area contributed by atoms with Crippen LogP contribution in [0.2, 0.25) is 0 Å². The Balaban J connectivity index is 1.42. The quantitative estimate of drug-likeness (QED) is 0.495. The van der Waals surface area contributed by atoms with Crippen LogP contribution in [0.15, 0.2) is 76.3 Å². The van der Waals surface area contributed by atoms with Crippen molar-refractivity contribution in [3.8, 4) is 0 Å². The van der Waals surface area contributed by atoms with Crippen LogP contribution in [0.25, 0.3) is 10.8 Å². The van der Waals surface area contributed by atoms with E-state index in [-0.39, 0.29) is 18.2 Å². The molecule has 140 valence electrons. The van der Waals surface area contributed by atoms with Gasteiger partial charge in [0, 0.05) is 28.7 Å². The largest absolute Gasteiger partial charge is 0.312 e. The summed E-state index contributed by atoms with van der Waals surface area (Å²) in [6.07, 6.45) is 1.83. The first kappa shape index (κ1) is 18.4. The lowest BCUT2D eigenvalue weighted by molar-refractivity contribution is -0.126. The molecule has 0 radical (unpaired) electrons. The van der Waals surface area contributed by atoms with Crippen molar-refractivity contribution in [2.75, 3.05) is 11.4 Å². The van der Waals surface area contributed by atoms with Crippen molar-refractivity contribution in [2.24, 2.45) is 11.0 Å². The molecule has 2 amide bonds. The molecule has 0 saturated carbocycles. The van der Waals surface area contributed by atoms with Crippen molar-refractivity contribution in [3.63, 3.8) is 0 Å². The lowest BCUT2D eigenvalue weighted by atomic mass is 10.1. The van der Waals surface area contributed by atoms with Crippen LogP contribution in [-0.4, -0.2) is 24.6 Å². The predicted octanol–water partition coefficient (Wildman–Crippen LogP) is 4.11. The number of hydrogen-bond donors (Lipinski definition) is 1. The van der Waals surface area contributed by atoms with Crippen LogP contribution in [-0.2, 0) is 9.59 Å². The van der Waals surface area contributed by atoms with Crippen LogP contribution in [0.4, 0.5) is 5.69 Å². The Hall–Kier alpha value is -2.99. The first-order valence-electron chi connectivity index (χ1n) is 8.98. The van der Waals surface area contributed by atoms with Gasteiger partial charge in [-0.1, -0.05) is 58.4 Å². The molecule has 3 aromatic rings. The maximum Gasteiger partial charge on any atom is 0.245 e. The second-order valence-corrected chi connectivity index (χ2v) is 7.60. The Bertz CT molecular complexity index is 1060. The number of hydrazone groups is 1. The van der Waals surface area contributed by atoms with E-state index in [0.717, 1.165) is 26.5 Å². The number of carbonyl (C=O) groups excluding carboxylic acids is 2. The number of rotatable bonds is 4.